The molecule has 1 heterocycles. The van der Waals surface area contributed by atoms with Crippen LogP contribution in [0.1, 0.15) is 45.4 Å². The Kier molecular flexibility index (Phi) is 7.40. The predicted molar refractivity (Wildman–Crippen MR) is 98.7 cm³/mol. The molecule has 1 unspecified atom stereocenters. The molecule has 2 fully saturated rings. The molecule has 0 aromatic rings. The molecule has 1 amide bonds. The van der Waals surface area contributed by atoms with Crippen LogP contribution in [0.25, 0.3) is 0 Å². The predicted octanol–water partition coefficient (Wildman–Crippen LogP) is 2.63. The summed E-state index contributed by atoms with van der Waals surface area (Å²) in [7, 11) is 0. The van der Waals surface area contributed by atoms with Gasteiger partial charge in [0.1, 0.15) is 0 Å². The second-order valence-corrected chi connectivity index (χ2v) is 7.58. The van der Waals surface area contributed by atoms with Gasteiger partial charge in [-0.15, -0.1) is 0 Å². The Morgan fingerprint density at radius 1 is 1.30 bits per heavy atom. The second kappa shape index (κ2) is 9.30. The van der Waals surface area contributed by atoms with Gasteiger partial charge < -0.3 is 15.5 Å². The lowest BCUT2D eigenvalue weighted by Crippen LogP contribution is -2.45. The number of amides is 1. The van der Waals surface area contributed by atoms with Crippen LogP contribution in [0.4, 0.5) is 0 Å². The Labute approximate surface area is 148 Å². The van der Waals surface area contributed by atoms with Crippen LogP contribution < -0.4 is 10.6 Å². The van der Waals surface area contributed by atoms with Crippen LogP contribution in [0, 0.1) is 5.92 Å². The van der Waals surface area contributed by atoms with Gasteiger partial charge in [0.15, 0.2) is 5.96 Å². The lowest BCUT2D eigenvalue weighted by atomic mass is 9.88. The summed E-state index contributed by atoms with van der Waals surface area (Å²) < 4.78 is 0.857. The van der Waals surface area contributed by atoms with Gasteiger partial charge in [-0.05, 0) is 26.2 Å². The normalized spacial score (nSPS) is 23.0. The van der Waals surface area contributed by atoms with Gasteiger partial charge >= 0.3 is 0 Å². The van der Waals surface area contributed by atoms with Crippen molar-refractivity contribution < 1.29 is 4.79 Å². The van der Waals surface area contributed by atoms with Crippen molar-refractivity contribution in [2.45, 2.75) is 51.5 Å². The van der Waals surface area contributed by atoms with E-state index in [4.69, 9.17) is 0 Å². The summed E-state index contributed by atoms with van der Waals surface area (Å²) in [6, 6.07) is 0.281. The molecule has 6 heteroatoms. The first kappa shape index (κ1) is 18.3. The molecule has 23 heavy (non-hydrogen) atoms. The van der Waals surface area contributed by atoms with Crippen LogP contribution in [0.5, 0.6) is 0 Å². The van der Waals surface area contributed by atoms with Gasteiger partial charge in [-0.1, -0.05) is 41.8 Å². The van der Waals surface area contributed by atoms with Crippen LogP contribution >= 0.6 is 15.9 Å². The van der Waals surface area contributed by atoms with E-state index < -0.39 is 0 Å². The van der Waals surface area contributed by atoms with Crippen molar-refractivity contribution in [2.75, 3.05) is 26.2 Å². The quantitative estimate of drug-likeness (QED) is 0.565. The number of guanidine groups is 1. The molecule has 0 bridgehead atoms. The first-order valence-corrected chi connectivity index (χ1v) is 9.56. The van der Waals surface area contributed by atoms with Gasteiger partial charge in [-0.2, -0.15) is 0 Å². The number of likely N-dealkylation sites (tertiary alicyclic amines) is 1. The molecule has 0 aromatic heterocycles. The number of nitrogens with one attached hydrogen (secondary N) is 2. The lowest BCUT2D eigenvalue weighted by Gasteiger charge is -2.26. The molecule has 1 atom stereocenters. The average molecular weight is 385 g/mol. The minimum absolute atomic E-state index is 0.265. The first-order valence-electron chi connectivity index (χ1n) is 8.77. The number of hydrogen-bond acceptors (Lipinski definition) is 2. The number of aliphatic imine (C=N–C) groups is 1. The third kappa shape index (κ3) is 5.83. The number of nitrogens with zero attached hydrogens (tertiary/aromatic N) is 2. The Balaban J connectivity index is 1.84. The zero-order valence-electron chi connectivity index (χ0n) is 14.1. The van der Waals surface area contributed by atoms with E-state index in [1.54, 1.807) is 0 Å². The standard InChI is InChI=1S/C17H29BrN4O/c1-3-19-17(20-11-13(2)18)21-15-9-10-22(12-15)16(23)14-7-5-4-6-8-14/h14-15H,2-12H2,1H3,(H2,19,20,21). The lowest BCUT2D eigenvalue weighted by molar-refractivity contribution is -0.135. The maximum Gasteiger partial charge on any atom is 0.225 e. The van der Waals surface area contributed by atoms with Gasteiger partial charge in [0.2, 0.25) is 5.91 Å². The summed E-state index contributed by atoms with van der Waals surface area (Å²) in [6.45, 7) is 8.87. The number of hydrogen-bond donors (Lipinski definition) is 2. The molecule has 0 aromatic carbocycles. The van der Waals surface area contributed by atoms with Gasteiger partial charge in [-0.3, -0.25) is 4.79 Å². The van der Waals surface area contributed by atoms with E-state index in [0.29, 0.717) is 12.5 Å². The van der Waals surface area contributed by atoms with Crippen LogP contribution in [-0.2, 0) is 4.79 Å². The molecular weight excluding hydrogens is 356 g/mol. The maximum atomic E-state index is 12.6. The van der Waals surface area contributed by atoms with Gasteiger partial charge in [0.25, 0.3) is 0 Å². The van der Waals surface area contributed by atoms with E-state index in [9.17, 15) is 4.79 Å². The molecule has 1 saturated heterocycles. The van der Waals surface area contributed by atoms with Crippen LogP contribution in [0.2, 0.25) is 0 Å². The summed E-state index contributed by atoms with van der Waals surface area (Å²) in [5.74, 6) is 1.43. The fourth-order valence-electron chi connectivity index (χ4n) is 3.36. The van der Waals surface area contributed by atoms with Crippen molar-refractivity contribution in [3.63, 3.8) is 0 Å². The van der Waals surface area contributed by atoms with Gasteiger partial charge in [0.05, 0.1) is 6.54 Å². The van der Waals surface area contributed by atoms with E-state index in [2.05, 4.69) is 38.1 Å². The average Bonchev–Trinajstić information content (AvgIpc) is 3.01. The molecule has 2 aliphatic rings. The van der Waals surface area contributed by atoms with Crippen LogP contribution in [0.15, 0.2) is 16.1 Å². The summed E-state index contributed by atoms with van der Waals surface area (Å²) in [4.78, 5) is 19.1. The topological polar surface area (TPSA) is 56.7 Å². The zero-order chi connectivity index (χ0) is 16.7. The molecular formula is C17H29BrN4O. The molecule has 1 aliphatic carbocycles. The first-order chi connectivity index (χ1) is 11.1. The Morgan fingerprint density at radius 2 is 2.04 bits per heavy atom. The highest BCUT2D eigenvalue weighted by Crippen LogP contribution is 2.26. The summed E-state index contributed by atoms with van der Waals surface area (Å²) in [6.07, 6.45) is 6.84. The maximum absolute atomic E-state index is 12.6. The number of carbonyl (C=O) groups excluding carboxylic acids is 1. The third-order valence-electron chi connectivity index (χ3n) is 4.55. The van der Waals surface area contributed by atoms with Crippen molar-refractivity contribution >= 4 is 27.8 Å². The minimum Gasteiger partial charge on any atom is -0.357 e. The molecule has 0 spiro atoms. The summed E-state index contributed by atoms with van der Waals surface area (Å²) in [5.41, 5.74) is 0. The van der Waals surface area contributed by atoms with E-state index in [1.807, 2.05) is 11.8 Å². The highest BCUT2D eigenvalue weighted by Gasteiger charge is 2.31. The van der Waals surface area contributed by atoms with E-state index in [0.717, 1.165) is 49.3 Å². The smallest absolute Gasteiger partial charge is 0.225 e. The van der Waals surface area contributed by atoms with Gasteiger partial charge in [-0.25, -0.2) is 4.99 Å². The second-order valence-electron chi connectivity index (χ2n) is 6.46. The van der Waals surface area contributed by atoms with E-state index >= 15 is 0 Å². The SMILES string of the molecule is C=C(Br)CN=C(NCC)NC1CCN(C(=O)C2CCCCC2)C1. The van der Waals surface area contributed by atoms with Crippen molar-refractivity contribution in [1.29, 1.82) is 0 Å². The summed E-state index contributed by atoms with van der Waals surface area (Å²) in [5, 5.41) is 6.69. The van der Waals surface area contributed by atoms with E-state index in [-0.39, 0.29) is 12.0 Å². The molecule has 2 rings (SSSR count). The van der Waals surface area contributed by atoms with Crippen molar-refractivity contribution in [2.24, 2.45) is 10.9 Å². The molecule has 130 valence electrons. The van der Waals surface area contributed by atoms with Crippen molar-refractivity contribution in [1.82, 2.24) is 15.5 Å². The largest absolute Gasteiger partial charge is 0.357 e. The Morgan fingerprint density at radius 3 is 2.70 bits per heavy atom. The van der Waals surface area contributed by atoms with Crippen LogP contribution in [-0.4, -0.2) is 49.0 Å². The molecule has 1 aliphatic heterocycles. The Hall–Kier alpha value is -1.04. The van der Waals surface area contributed by atoms with E-state index in [1.165, 1.54) is 19.3 Å². The molecule has 2 N–H and O–H groups in total. The molecule has 0 radical (unpaired) electrons. The monoisotopic (exact) mass is 384 g/mol. The molecule has 1 saturated carbocycles. The summed E-state index contributed by atoms with van der Waals surface area (Å²) >= 11 is 3.33. The number of halogens is 1. The number of carbonyl (C=O) groups is 1. The highest BCUT2D eigenvalue weighted by molar-refractivity contribution is 9.11. The van der Waals surface area contributed by atoms with Crippen molar-refractivity contribution in [3.8, 4) is 0 Å². The number of rotatable bonds is 5. The highest BCUT2D eigenvalue weighted by atomic mass is 79.9. The minimum atomic E-state index is 0.265. The van der Waals surface area contributed by atoms with Crippen molar-refractivity contribution in [3.05, 3.63) is 11.1 Å². The van der Waals surface area contributed by atoms with Crippen LogP contribution in [0.3, 0.4) is 0 Å². The molecule has 5 nitrogen and oxygen atoms in total. The fraction of sp³-hybridized carbons (Fsp3) is 0.765. The fourth-order valence-corrected chi connectivity index (χ4v) is 3.49. The van der Waals surface area contributed by atoms with Gasteiger partial charge in [0, 0.05) is 36.1 Å². The Bertz CT molecular complexity index is 446. The third-order valence-corrected chi connectivity index (χ3v) is 4.80. The zero-order valence-corrected chi connectivity index (χ0v) is 15.7.